The SMILES string of the molecule is CCCCCCC[C@H]1CC[C@H]([C@H]2CC[C@H](C(=O)Oc3ccc(OC(F)(F)C(F)(F)F)cc3)CC2)CC1. The molecule has 0 amide bonds. The van der Waals surface area contributed by atoms with Gasteiger partial charge < -0.3 is 9.47 Å². The number of alkyl halides is 5. The highest BCUT2D eigenvalue weighted by atomic mass is 19.4. The van der Waals surface area contributed by atoms with Gasteiger partial charge in [0.25, 0.3) is 0 Å². The van der Waals surface area contributed by atoms with Gasteiger partial charge in [0, 0.05) is 0 Å². The Bertz CT molecular complexity index is 792. The monoisotopic (exact) mass is 518 g/mol. The summed E-state index contributed by atoms with van der Waals surface area (Å²) in [5.74, 6) is 1.13. The van der Waals surface area contributed by atoms with Gasteiger partial charge in [-0.05, 0) is 80.5 Å². The van der Waals surface area contributed by atoms with E-state index in [0.717, 1.165) is 61.8 Å². The summed E-state index contributed by atoms with van der Waals surface area (Å²) in [5, 5.41) is 0. The van der Waals surface area contributed by atoms with E-state index in [0.29, 0.717) is 5.92 Å². The van der Waals surface area contributed by atoms with Crippen molar-refractivity contribution in [3.05, 3.63) is 24.3 Å². The van der Waals surface area contributed by atoms with Crippen LogP contribution in [0.5, 0.6) is 11.5 Å². The van der Waals surface area contributed by atoms with Gasteiger partial charge in [-0.25, -0.2) is 0 Å². The van der Waals surface area contributed by atoms with Crippen LogP contribution in [0.4, 0.5) is 22.0 Å². The van der Waals surface area contributed by atoms with Gasteiger partial charge in [-0.2, -0.15) is 22.0 Å². The molecule has 2 fully saturated rings. The van der Waals surface area contributed by atoms with Gasteiger partial charge >= 0.3 is 18.3 Å². The van der Waals surface area contributed by atoms with Gasteiger partial charge in [-0.15, -0.1) is 0 Å². The first-order valence-electron chi connectivity index (χ1n) is 13.5. The predicted molar refractivity (Wildman–Crippen MR) is 128 cm³/mol. The normalized spacial score (nSPS) is 25.4. The zero-order chi connectivity index (χ0) is 26.2. The Morgan fingerprint density at radius 1 is 0.778 bits per heavy atom. The van der Waals surface area contributed by atoms with E-state index < -0.39 is 18.0 Å². The summed E-state index contributed by atoms with van der Waals surface area (Å²) in [7, 11) is 0. The molecule has 3 nitrogen and oxygen atoms in total. The third kappa shape index (κ3) is 8.34. The Hall–Kier alpha value is -1.86. The minimum Gasteiger partial charge on any atom is -0.426 e. The lowest BCUT2D eigenvalue weighted by molar-refractivity contribution is -0.360. The van der Waals surface area contributed by atoms with Crippen molar-refractivity contribution in [1.29, 1.82) is 0 Å². The Balaban J connectivity index is 1.36. The zero-order valence-corrected chi connectivity index (χ0v) is 21.1. The second-order valence-corrected chi connectivity index (χ2v) is 10.6. The lowest BCUT2D eigenvalue weighted by Crippen LogP contribution is -2.41. The minimum atomic E-state index is -5.82. The lowest BCUT2D eigenvalue weighted by Gasteiger charge is -2.37. The Morgan fingerprint density at radius 3 is 1.86 bits per heavy atom. The van der Waals surface area contributed by atoms with Crippen molar-refractivity contribution in [1.82, 2.24) is 0 Å². The van der Waals surface area contributed by atoms with Crippen molar-refractivity contribution in [2.75, 3.05) is 0 Å². The van der Waals surface area contributed by atoms with Crippen LogP contribution in [0.25, 0.3) is 0 Å². The number of ether oxygens (including phenoxy) is 2. The van der Waals surface area contributed by atoms with Gasteiger partial charge in [0.2, 0.25) is 0 Å². The van der Waals surface area contributed by atoms with Crippen LogP contribution in [0.2, 0.25) is 0 Å². The van der Waals surface area contributed by atoms with E-state index in [-0.39, 0.29) is 17.6 Å². The Morgan fingerprint density at radius 2 is 1.31 bits per heavy atom. The number of esters is 1. The van der Waals surface area contributed by atoms with Crippen LogP contribution in [-0.2, 0) is 4.79 Å². The van der Waals surface area contributed by atoms with Gasteiger partial charge in [0.15, 0.2) is 0 Å². The third-order valence-electron chi connectivity index (χ3n) is 8.00. The summed E-state index contributed by atoms with van der Waals surface area (Å²) in [6, 6.07) is 4.18. The zero-order valence-electron chi connectivity index (χ0n) is 21.1. The maximum Gasteiger partial charge on any atom is 0.499 e. The van der Waals surface area contributed by atoms with E-state index in [1.165, 1.54) is 64.2 Å². The highest BCUT2D eigenvalue weighted by molar-refractivity contribution is 5.75. The first kappa shape index (κ1) is 28.7. The van der Waals surface area contributed by atoms with Crippen LogP contribution < -0.4 is 9.47 Å². The van der Waals surface area contributed by atoms with E-state index in [9.17, 15) is 26.7 Å². The second-order valence-electron chi connectivity index (χ2n) is 10.6. The summed E-state index contributed by atoms with van der Waals surface area (Å²) >= 11 is 0. The van der Waals surface area contributed by atoms with Crippen molar-refractivity contribution in [3.8, 4) is 11.5 Å². The number of hydrogen-bond acceptors (Lipinski definition) is 3. The van der Waals surface area contributed by atoms with E-state index in [4.69, 9.17) is 4.74 Å². The fraction of sp³-hybridized carbons (Fsp3) is 0.750. The molecule has 36 heavy (non-hydrogen) atoms. The molecular formula is C28H39F5O3. The van der Waals surface area contributed by atoms with Crippen molar-refractivity contribution >= 4 is 5.97 Å². The molecule has 0 spiro atoms. The molecule has 8 heteroatoms. The van der Waals surface area contributed by atoms with E-state index in [1.54, 1.807) is 0 Å². The van der Waals surface area contributed by atoms with Gasteiger partial charge in [0.1, 0.15) is 11.5 Å². The predicted octanol–water partition coefficient (Wildman–Crippen LogP) is 9.10. The molecule has 0 heterocycles. The molecule has 0 atom stereocenters. The highest BCUT2D eigenvalue weighted by Crippen LogP contribution is 2.43. The number of unbranched alkanes of at least 4 members (excludes halogenated alkanes) is 4. The number of carbonyl (C=O) groups excluding carboxylic acids is 1. The van der Waals surface area contributed by atoms with Crippen LogP contribution in [0, 0.1) is 23.7 Å². The molecular weight excluding hydrogens is 479 g/mol. The maximum absolute atomic E-state index is 13.0. The summed E-state index contributed by atoms with van der Waals surface area (Å²) < 4.78 is 72.0. The van der Waals surface area contributed by atoms with Crippen LogP contribution >= 0.6 is 0 Å². The second kappa shape index (κ2) is 13.1. The molecule has 2 saturated carbocycles. The molecule has 0 aliphatic heterocycles. The number of halogens is 5. The molecule has 1 aromatic rings. The summed E-state index contributed by atoms with van der Waals surface area (Å²) in [5.41, 5.74) is 0. The third-order valence-corrected chi connectivity index (χ3v) is 8.00. The average molecular weight is 519 g/mol. The molecule has 0 N–H and O–H groups in total. The van der Waals surface area contributed by atoms with Gasteiger partial charge in [-0.1, -0.05) is 58.3 Å². The summed E-state index contributed by atoms with van der Waals surface area (Å²) in [6.45, 7) is 2.24. The first-order valence-corrected chi connectivity index (χ1v) is 13.5. The first-order chi connectivity index (χ1) is 17.1. The topological polar surface area (TPSA) is 35.5 Å². The van der Waals surface area contributed by atoms with Crippen LogP contribution in [0.3, 0.4) is 0 Å². The van der Waals surface area contributed by atoms with E-state index in [1.807, 2.05) is 0 Å². The number of hydrogen-bond donors (Lipinski definition) is 0. The number of carbonyl (C=O) groups is 1. The standard InChI is InChI=1S/C28H39F5O3/c1-2-3-4-5-6-7-20-8-10-21(11-9-20)22-12-14-23(15-13-22)26(34)35-24-16-18-25(19-17-24)36-28(32,33)27(29,30)31/h16-23H,2-15H2,1H3/t20-,21-,22-,23-. The van der Waals surface area contributed by atoms with E-state index in [2.05, 4.69) is 11.7 Å². The maximum atomic E-state index is 13.0. The molecule has 3 rings (SSSR count). The van der Waals surface area contributed by atoms with Crippen molar-refractivity contribution < 1.29 is 36.2 Å². The molecule has 0 aromatic heterocycles. The van der Waals surface area contributed by atoms with Crippen molar-refractivity contribution in [2.45, 2.75) is 109 Å². The fourth-order valence-corrected chi connectivity index (χ4v) is 5.79. The highest BCUT2D eigenvalue weighted by Gasteiger charge is 2.61. The minimum absolute atomic E-state index is 0.0952. The molecule has 204 valence electrons. The molecule has 2 aliphatic rings. The quantitative estimate of drug-likeness (QED) is 0.127. The van der Waals surface area contributed by atoms with Crippen LogP contribution in [-0.4, -0.2) is 18.3 Å². The molecule has 0 saturated heterocycles. The number of rotatable bonds is 11. The molecule has 2 aliphatic carbocycles. The molecule has 0 unspecified atom stereocenters. The lowest BCUT2D eigenvalue weighted by atomic mass is 9.68. The Labute approximate surface area is 211 Å². The fourth-order valence-electron chi connectivity index (χ4n) is 5.79. The van der Waals surface area contributed by atoms with Gasteiger partial charge in [-0.3, -0.25) is 4.79 Å². The Kier molecular flexibility index (Phi) is 10.4. The van der Waals surface area contributed by atoms with Crippen molar-refractivity contribution in [2.24, 2.45) is 23.7 Å². The average Bonchev–Trinajstić information content (AvgIpc) is 2.85. The van der Waals surface area contributed by atoms with Gasteiger partial charge in [0.05, 0.1) is 5.92 Å². The molecule has 0 radical (unpaired) electrons. The smallest absolute Gasteiger partial charge is 0.426 e. The summed E-state index contributed by atoms with van der Waals surface area (Å²) in [4.78, 5) is 12.6. The largest absolute Gasteiger partial charge is 0.499 e. The van der Waals surface area contributed by atoms with Crippen molar-refractivity contribution in [3.63, 3.8) is 0 Å². The number of benzene rings is 1. The molecule has 1 aromatic carbocycles. The molecule has 0 bridgehead atoms. The van der Waals surface area contributed by atoms with Crippen LogP contribution in [0.1, 0.15) is 96.8 Å². The summed E-state index contributed by atoms with van der Waals surface area (Å²) in [6.07, 6.45) is 5.75. The van der Waals surface area contributed by atoms with Crippen LogP contribution in [0.15, 0.2) is 24.3 Å². The van der Waals surface area contributed by atoms with E-state index >= 15 is 0 Å².